The van der Waals surface area contributed by atoms with Gasteiger partial charge in [0.05, 0.1) is 4.47 Å². The maximum atomic E-state index is 14.0. The van der Waals surface area contributed by atoms with Crippen LogP contribution in [-0.4, -0.2) is 117 Å². The number of benzene rings is 2. The summed E-state index contributed by atoms with van der Waals surface area (Å²) in [5, 5.41) is 22.8. The van der Waals surface area contributed by atoms with Gasteiger partial charge in [-0.15, -0.1) is 0 Å². The largest absolute Gasteiger partial charge is 0.507 e. The van der Waals surface area contributed by atoms with Crippen LogP contribution in [0.4, 0.5) is 15.3 Å². The molecule has 2 atom stereocenters. The number of fused-ring (bicyclic) bond motifs is 1. The zero-order chi connectivity index (χ0) is 33.8. The summed E-state index contributed by atoms with van der Waals surface area (Å²) in [7, 11) is 0. The number of piperidine rings is 3. The number of aromatic hydroxyl groups is 1. The first-order chi connectivity index (χ1) is 23.2. The second-order valence-electron chi connectivity index (χ2n) is 13.3. The minimum Gasteiger partial charge on any atom is -0.507 e. The number of carboxylic acids is 1. The van der Waals surface area contributed by atoms with E-state index in [9.17, 15) is 29.4 Å². The number of anilines is 1. The van der Waals surface area contributed by atoms with E-state index >= 15 is 0 Å². The number of phenols is 1. The van der Waals surface area contributed by atoms with E-state index in [0.717, 1.165) is 42.6 Å². The summed E-state index contributed by atoms with van der Waals surface area (Å²) in [4.78, 5) is 59.8. The van der Waals surface area contributed by atoms with Crippen LogP contribution in [0.5, 0.6) is 5.75 Å². The van der Waals surface area contributed by atoms with E-state index in [2.05, 4.69) is 26.1 Å². The summed E-state index contributed by atoms with van der Waals surface area (Å²) >= 11 is 3.34. The molecular formula is C35H44BrN5O7. The van der Waals surface area contributed by atoms with Gasteiger partial charge in [-0.1, -0.05) is 30.7 Å². The number of carbonyl (C=O) groups is 4. The topological polar surface area (TPSA) is 143 Å². The number of hydrogen-bond donors (Lipinski definition) is 3. The van der Waals surface area contributed by atoms with Gasteiger partial charge in [0, 0.05) is 56.9 Å². The van der Waals surface area contributed by atoms with Crippen LogP contribution in [0.1, 0.15) is 56.1 Å². The lowest BCUT2D eigenvalue weighted by atomic mass is 9.94. The fourth-order valence-electron chi connectivity index (χ4n) is 7.64. The van der Waals surface area contributed by atoms with Crippen LogP contribution in [0.2, 0.25) is 0 Å². The number of aliphatic carboxylic acids is 1. The van der Waals surface area contributed by atoms with Crippen molar-refractivity contribution in [3.63, 3.8) is 0 Å². The van der Waals surface area contributed by atoms with Crippen molar-refractivity contribution in [1.29, 1.82) is 0 Å². The fourth-order valence-corrected chi connectivity index (χ4v) is 8.07. The molecule has 2 aromatic rings. The SMILES string of the molecule is O=C(O)[C@H]1CCCCN1C1CCN(C(=O)[C@@H](Cc2ccc(O)c(Br)c2)OC(=O)N2CCC(N3CCc4ccccc4NC3=O)CC2)CC1. The van der Waals surface area contributed by atoms with Crippen LogP contribution < -0.4 is 5.32 Å². The molecule has 4 heterocycles. The number of nitrogens with zero attached hydrogens (tertiary/aromatic N) is 4. The van der Waals surface area contributed by atoms with E-state index in [4.69, 9.17) is 4.74 Å². The Bertz CT molecular complexity index is 1510. The molecule has 0 bridgehead atoms. The highest BCUT2D eigenvalue weighted by atomic mass is 79.9. The molecule has 13 heteroatoms. The molecule has 0 aliphatic carbocycles. The average Bonchev–Trinajstić information content (AvgIpc) is 3.27. The summed E-state index contributed by atoms with van der Waals surface area (Å²) in [5.41, 5.74) is 2.67. The molecule has 6 rings (SSSR count). The van der Waals surface area contributed by atoms with Gasteiger partial charge in [0.25, 0.3) is 5.91 Å². The van der Waals surface area contributed by atoms with Crippen molar-refractivity contribution < 1.29 is 34.1 Å². The van der Waals surface area contributed by atoms with Crippen molar-refractivity contribution in [2.45, 2.75) is 82.0 Å². The Morgan fingerprint density at radius 2 is 1.60 bits per heavy atom. The molecule has 0 unspecified atom stereocenters. The number of urea groups is 1. The molecule has 3 saturated heterocycles. The van der Waals surface area contributed by atoms with Crippen molar-refractivity contribution in [3.05, 3.63) is 58.1 Å². The van der Waals surface area contributed by atoms with Crippen LogP contribution in [-0.2, 0) is 27.2 Å². The van der Waals surface area contributed by atoms with E-state index < -0.39 is 24.2 Å². The maximum Gasteiger partial charge on any atom is 0.410 e. The number of hydrogen-bond acceptors (Lipinski definition) is 7. The van der Waals surface area contributed by atoms with Crippen LogP contribution in [0.3, 0.4) is 0 Å². The Morgan fingerprint density at radius 1 is 0.896 bits per heavy atom. The molecule has 48 heavy (non-hydrogen) atoms. The van der Waals surface area contributed by atoms with E-state index in [1.54, 1.807) is 21.9 Å². The number of phenolic OH excluding ortho intramolecular Hbond substituents is 1. The third-order valence-corrected chi connectivity index (χ3v) is 11.0. The number of carbonyl (C=O) groups excluding carboxylic acids is 3. The highest BCUT2D eigenvalue weighted by Gasteiger charge is 2.38. The first-order valence-electron chi connectivity index (χ1n) is 17.0. The van der Waals surface area contributed by atoms with Crippen molar-refractivity contribution >= 4 is 45.6 Å². The molecule has 0 spiro atoms. The van der Waals surface area contributed by atoms with Crippen molar-refractivity contribution in [3.8, 4) is 5.75 Å². The number of halogens is 1. The van der Waals surface area contributed by atoms with Crippen LogP contribution in [0, 0.1) is 0 Å². The lowest BCUT2D eigenvalue weighted by Gasteiger charge is -2.43. The molecule has 2 aromatic carbocycles. The number of para-hydroxylation sites is 1. The van der Waals surface area contributed by atoms with Gasteiger partial charge in [-0.2, -0.15) is 0 Å². The number of nitrogens with one attached hydrogen (secondary N) is 1. The van der Waals surface area contributed by atoms with Gasteiger partial charge in [-0.05, 0) is 96.7 Å². The lowest BCUT2D eigenvalue weighted by Crippen LogP contribution is -2.55. The van der Waals surface area contributed by atoms with Gasteiger partial charge in [0.15, 0.2) is 6.10 Å². The van der Waals surface area contributed by atoms with Gasteiger partial charge < -0.3 is 35.0 Å². The predicted molar refractivity (Wildman–Crippen MR) is 182 cm³/mol. The van der Waals surface area contributed by atoms with Crippen LogP contribution in [0.25, 0.3) is 0 Å². The van der Waals surface area contributed by atoms with E-state index in [1.807, 2.05) is 29.2 Å². The van der Waals surface area contributed by atoms with Gasteiger partial charge >= 0.3 is 18.1 Å². The Hall–Kier alpha value is -3.84. The first kappa shape index (κ1) is 34.0. The Balaban J connectivity index is 1.08. The third kappa shape index (κ3) is 7.72. The number of amides is 4. The molecule has 4 aliphatic rings. The second kappa shape index (κ2) is 15.1. The predicted octanol–water partition coefficient (Wildman–Crippen LogP) is 4.69. The summed E-state index contributed by atoms with van der Waals surface area (Å²) < 4.78 is 6.45. The number of carboxylic acid groups (broad SMARTS) is 1. The minimum atomic E-state index is -1.07. The van der Waals surface area contributed by atoms with Crippen molar-refractivity contribution in [2.24, 2.45) is 0 Å². The standard InChI is InChI=1S/C35H44BrN5O7/c36-27-21-23(8-9-30(27)42)22-31(32(43)38-16-11-25(12-17-38)40-15-4-3-7-29(40)33(44)45)48-35(47)39-18-13-26(14-19-39)41-20-10-24-5-1-2-6-28(24)37-34(41)46/h1-2,5-6,8-9,21,25-26,29,31,42H,3-4,7,10-20,22H2,(H,37,46)(H,44,45)/t29-,31-/m1/s1. The molecule has 12 nitrogen and oxygen atoms in total. The van der Waals surface area contributed by atoms with Gasteiger partial charge in [0.1, 0.15) is 11.8 Å². The molecule has 4 aliphatic heterocycles. The van der Waals surface area contributed by atoms with Gasteiger partial charge in [0.2, 0.25) is 0 Å². The summed E-state index contributed by atoms with van der Waals surface area (Å²) in [6.45, 7) is 3.05. The normalized spacial score (nSPS) is 22.0. The Labute approximate surface area is 289 Å². The van der Waals surface area contributed by atoms with Crippen molar-refractivity contribution in [2.75, 3.05) is 44.6 Å². The van der Waals surface area contributed by atoms with Crippen LogP contribution in [0.15, 0.2) is 46.9 Å². The van der Waals surface area contributed by atoms with Crippen molar-refractivity contribution in [1.82, 2.24) is 19.6 Å². The number of likely N-dealkylation sites (tertiary alicyclic amines) is 3. The zero-order valence-electron chi connectivity index (χ0n) is 27.1. The molecule has 0 aromatic heterocycles. The molecule has 4 amide bonds. The van der Waals surface area contributed by atoms with E-state index in [-0.39, 0.29) is 36.2 Å². The van der Waals surface area contributed by atoms with E-state index in [0.29, 0.717) is 69.3 Å². The van der Waals surface area contributed by atoms with Gasteiger partial charge in [-0.3, -0.25) is 14.5 Å². The third-order valence-electron chi connectivity index (χ3n) is 10.3. The molecule has 3 fully saturated rings. The monoisotopic (exact) mass is 725 g/mol. The smallest absolute Gasteiger partial charge is 0.410 e. The molecule has 258 valence electrons. The zero-order valence-corrected chi connectivity index (χ0v) is 28.6. The van der Waals surface area contributed by atoms with Gasteiger partial charge in [-0.25, -0.2) is 9.59 Å². The Morgan fingerprint density at radius 3 is 2.33 bits per heavy atom. The van der Waals surface area contributed by atoms with E-state index in [1.165, 1.54) is 6.07 Å². The molecular weight excluding hydrogens is 682 g/mol. The molecule has 0 radical (unpaired) electrons. The fraction of sp³-hybridized carbons (Fsp3) is 0.543. The quantitative estimate of drug-likeness (QED) is 0.374. The first-order valence-corrected chi connectivity index (χ1v) is 17.8. The second-order valence-corrected chi connectivity index (χ2v) is 14.1. The highest BCUT2D eigenvalue weighted by molar-refractivity contribution is 9.10. The summed E-state index contributed by atoms with van der Waals surface area (Å²) in [5.74, 6) is -0.998. The summed E-state index contributed by atoms with van der Waals surface area (Å²) in [6, 6.07) is 12.2. The van der Waals surface area contributed by atoms with Crippen LogP contribution >= 0.6 is 15.9 Å². The average molecular weight is 727 g/mol. The lowest BCUT2D eigenvalue weighted by molar-refractivity contribution is -0.148. The molecule has 0 saturated carbocycles. The number of ether oxygens (including phenoxy) is 1. The minimum absolute atomic E-state index is 0.0166. The maximum absolute atomic E-state index is 14.0. The molecule has 3 N–H and O–H groups in total. The Kier molecular flexibility index (Phi) is 10.7. The summed E-state index contributed by atoms with van der Waals surface area (Å²) in [6.07, 6.45) is 4.30. The highest BCUT2D eigenvalue weighted by Crippen LogP contribution is 2.29. The number of rotatable bonds is 7.